The van der Waals surface area contributed by atoms with Gasteiger partial charge in [0.05, 0.1) is 0 Å². The molecule has 1 atom stereocenters. The lowest BCUT2D eigenvalue weighted by molar-refractivity contribution is 0.317. The van der Waals surface area contributed by atoms with Crippen molar-refractivity contribution in [1.82, 2.24) is 15.2 Å². The standard InChI is InChI=1S/C13H23N3/c1-12(14-2)6-10-16(3)11-7-13-4-8-15-9-5-13/h4-5,8-9,12,14H,6-7,10-11H2,1-3H3. The van der Waals surface area contributed by atoms with Crippen molar-refractivity contribution in [3.63, 3.8) is 0 Å². The van der Waals surface area contributed by atoms with E-state index in [1.165, 1.54) is 12.0 Å². The first-order valence-corrected chi connectivity index (χ1v) is 5.97. The summed E-state index contributed by atoms with van der Waals surface area (Å²) in [7, 11) is 4.20. The Morgan fingerprint density at radius 2 is 2.00 bits per heavy atom. The number of hydrogen-bond donors (Lipinski definition) is 1. The number of hydrogen-bond acceptors (Lipinski definition) is 3. The van der Waals surface area contributed by atoms with Gasteiger partial charge >= 0.3 is 0 Å². The minimum Gasteiger partial charge on any atom is -0.317 e. The van der Waals surface area contributed by atoms with Crippen molar-refractivity contribution in [3.05, 3.63) is 30.1 Å². The fourth-order valence-electron chi connectivity index (χ4n) is 1.54. The molecule has 1 rings (SSSR count). The van der Waals surface area contributed by atoms with Crippen LogP contribution in [-0.2, 0) is 6.42 Å². The van der Waals surface area contributed by atoms with Crippen molar-refractivity contribution in [2.75, 3.05) is 27.2 Å². The smallest absolute Gasteiger partial charge is 0.0270 e. The Labute approximate surface area is 98.9 Å². The molecule has 90 valence electrons. The lowest BCUT2D eigenvalue weighted by Gasteiger charge is -2.19. The van der Waals surface area contributed by atoms with Crippen LogP contribution in [0.3, 0.4) is 0 Å². The maximum atomic E-state index is 4.02. The van der Waals surface area contributed by atoms with Gasteiger partial charge < -0.3 is 10.2 Å². The number of likely N-dealkylation sites (N-methyl/N-ethyl adjacent to an activating group) is 1. The quantitative estimate of drug-likeness (QED) is 0.757. The number of nitrogens with zero attached hydrogens (tertiary/aromatic N) is 2. The Morgan fingerprint density at radius 3 is 2.62 bits per heavy atom. The summed E-state index contributed by atoms with van der Waals surface area (Å²) in [6.45, 7) is 4.48. The molecular formula is C13H23N3. The van der Waals surface area contributed by atoms with E-state index in [0.717, 1.165) is 19.5 Å². The van der Waals surface area contributed by atoms with Crippen LogP contribution in [0.1, 0.15) is 18.9 Å². The van der Waals surface area contributed by atoms with Crippen LogP contribution in [0.4, 0.5) is 0 Å². The van der Waals surface area contributed by atoms with Gasteiger partial charge in [0.15, 0.2) is 0 Å². The molecule has 1 aromatic rings. The van der Waals surface area contributed by atoms with E-state index in [0.29, 0.717) is 6.04 Å². The molecule has 0 fully saturated rings. The summed E-state index contributed by atoms with van der Waals surface area (Å²) in [5.74, 6) is 0. The first-order chi connectivity index (χ1) is 7.72. The zero-order valence-corrected chi connectivity index (χ0v) is 10.6. The second-order valence-corrected chi connectivity index (χ2v) is 4.39. The van der Waals surface area contributed by atoms with Gasteiger partial charge in [-0.15, -0.1) is 0 Å². The van der Waals surface area contributed by atoms with Crippen molar-refractivity contribution in [2.45, 2.75) is 25.8 Å². The fourth-order valence-corrected chi connectivity index (χ4v) is 1.54. The average molecular weight is 221 g/mol. The summed E-state index contributed by atoms with van der Waals surface area (Å²) in [6, 6.07) is 4.78. The predicted octanol–water partition coefficient (Wildman–Crippen LogP) is 1.55. The molecule has 0 saturated carbocycles. The van der Waals surface area contributed by atoms with E-state index in [-0.39, 0.29) is 0 Å². The SMILES string of the molecule is CNC(C)CCN(C)CCc1ccncc1. The van der Waals surface area contributed by atoms with E-state index in [4.69, 9.17) is 0 Å². The molecule has 0 radical (unpaired) electrons. The van der Waals surface area contributed by atoms with Crippen LogP contribution in [0, 0.1) is 0 Å². The third-order valence-corrected chi connectivity index (χ3v) is 2.97. The van der Waals surface area contributed by atoms with E-state index in [1.807, 2.05) is 19.4 Å². The minimum absolute atomic E-state index is 0.600. The van der Waals surface area contributed by atoms with Gasteiger partial charge in [-0.05, 0) is 58.1 Å². The van der Waals surface area contributed by atoms with E-state index >= 15 is 0 Å². The molecule has 3 heteroatoms. The van der Waals surface area contributed by atoms with Gasteiger partial charge in [-0.25, -0.2) is 0 Å². The third-order valence-electron chi connectivity index (χ3n) is 2.97. The summed E-state index contributed by atoms with van der Waals surface area (Å²) in [5, 5.41) is 3.26. The van der Waals surface area contributed by atoms with Crippen molar-refractivity contribution in [1.29, 1.82) is 0 Å². The zero-order chi connectivity index (χ0) is 11.8. The highest BCUT2D eigenvalue weighted by Gasteiger charge is 2.02. The lowest BCUT2D eigenvalue weighted by atomic mass is 10.2. The number of rotatable bonds is 7. The fraction of sp³-hybridized carbons (Fsp3) is 0.615. The van der Waals surface area contributed by atoms with E-state index in [9.17, 15) is 0 Å². The molecule has 1 unspecified atom stereocenters. The topological polar surface area (TPSA) is 28.2 Å². The van der Waals surface area contributed by atoms with Crippen molar-refractivity contribution in [2.24, 2.45) is 0 Å². The highest BCUT2D eigenvalue weighted by molar-refractivity contribution is 5.09. The van der Waals surface area contributed by atoms with Crippen molar-refractivity contribution in [3.8, 4) is 0 Å². The van der Waals surface area contributed by atoms with E-state index < -0.39 is 0 Å². The van der Waals surface area contributed by atoms with Crippen molar-refractivity contribution < 1.29 is 0 Å². The second-order valence-electron chi connectivity index (χ2n) is 4.39. The van der Waals surface area contributed by atoms with Crippen LogP contribution < -0.4 is 5.32 Å². The monoisotopic (exact) mass is 221 g/mol. The molecule has 0 bridgehead atoms. The molecule has 0 aromatic carbocycles. The summed E-state index contributed by atoms with van der Waals surface area (Å²) in [5.41, 5.74) is 1.36. The second kappa shape index (κ2) is 7.36. The molecule has 0 aliphatic rings. The Kier molecular flexibility index (Phi) is 6.04. The van der Waals surface area contributed by atoms with Crippen molar-refractivity contribution >= 4 is 0 Å². The zero-order valence-electron chi connectivity index (χ0n) is 10.6. The maximum Gasteiger partial charge on any atom is 0.0270 e. The summed E-state index contributed by atoms with van der Waals surface area (Å²) in [6.07, 6.45) is 6.02. The third kappa shape index (κ3) is 5.24. The normalized spacial score (nSPS) is 13.0. The molecule has 1 N–H and O–H groups in total. The molecule has 0 saturated heterocycles. The van der Waals surface area contributed by atoms with Gasteiger partial charge in [-0.1, -0.05) is 0 Å². The van der Waals surface area contributed by atoms with Crippen LogP contribution in [0.2, 0.25) is 0 Å². The first kappa shape index (κ1) is 13.1. The van der Waals surface area contributed by atoms with Gasteiger partial charge in [0, 0.05) is 25.0 Å². The first-order valence-electron chi connectivity index (χ1n) is 5.97. The van der Waals surface area contributed by atoms with Crippen LogP contribution >= 0.6 is 0 Å². The van der Waals surface area contributed by atoms with Gasteiger partial charge in [0.1, 0.15) is 0 Å². The Morgan fingerprint density at radius 1 is 1.31 bits per heavy atom. The number of pyridine rings is 1. The Hall–Kier alpha value is -0.930. The highest BCUT2D eigenvalue weighted by atomic mass is 15.1. The summed E-state index contributed by atoms with van der Waals surface area (Å²) < 4.78 is 0. The molecular weight excluding hydrogens is 198 g/mol. The molecule has 16 heavy (non-hydrogen) atoms. The van der Waals surface area contributed by atoms with Gasteiger partial charge in [0.25, 0.3) is 0 Å². The van der Waals surface area contributed by atoms with Gasteiger partial charge in [-0.2, -0.15) is 0 Å². The Balaban J connectivity index is 2.18. The average Bonchev–Trinajstić information content (AvgIpc) is 2.34. The van der Waals surface area contributed by atoms with E-state index in [1.54, 1.807) is 0 Å². The van der Waals surface area contributed by atoms with Gasteiger partial charge in [0.2, 0.25) is 0 Å². The molecule has 0 aliphatic heterocycles. The maximum absolute atomic E-state index is 4.02. The molecule has 1 heterocycles. The number of aromatic nitrogens is 1. The summed E-state index contributed by atoms with van der Waals surface area (Å²) >= 11 is 0. The highest BCUT2D eigenvalue weighted by Crippen LogP contribution is 2.00. The lowest BCUT2D eigenvalue weighted by Crippen LogP contribution is -2.29. The van der Waals surface area contributed by atoms with Crippen LogP contribution in [-0.4, -0.2) is 43.1 Å². The number of nitrogens with one attached hydrogen (secondary N) is 1. The van der Waals surface area contributed by atoms with Crippen LogP contribution in [0.25, 0.3) is 0 Å². The molecule has 0 aliphatic carbocycles. The Bertz CT molecular complexity index is 274. The van der Waals surface area contributed by atoms with Crippen LogP contribution in [0.5, 0.6) is 0 Å². The minimum atomic E-state index is 0.600. The molecule has 0 spiro atoms. The molecule has 0 amide bonds. The van der Waals surface area contributed by atoms with Gasteiger partial charge in [-0.3, -0.25) is 4.98 Å². The van der Waals surface area contributed by atoms with E-state index in [2.05, 4.69) is 41.3 Å². The summed E-state index contributed by atoms with van der Waals surface area (Å²) in [4.78, 5) is 6.40. The largest absolute Gasteiger partial charge is 0.317 e. The van der Waals surface area contributed by atoms with Crippen LogP contribution in [0.15, 0.2) is 24.5 Å². The predicted molar refractivity (Wildman–Crippen MR) is 68.6 cm³/mol. The molecule has 1 aromatic heterocycles. The molecule has 3 nitrogen and oxygen atoms in total.